The quantitative estimate of drug-likeness (QED) is 0.0420. The van der Waals surface area contributed by atoms with Crippen molar-refractivity contribution in [2.45, 2.75) is 40.7 Å². The van der Waals surface area contributed by atoms with Gasteiger partial charge in [0.25, 0.3) is 0 Å². The third-order valence-electron chi connectivity index (χ3n) is 7.19. The van der Waals surface area contributed by atoms with E-state index in [1.54, 1.807) is 66.7 Å². The Morgan fingerprint density at radius 1 is 0.750 bits per heavy atom. The van der Waals surface area contributed by atoms with Crippen LogP contribution in [0.25, 0.3) is 21.8 Å². The number of benzene rings is 4. The molecular formula is C36H32N2O6. The van der Waals surface area contributed by atoms with E-state index in [2.05, 4.69) is 9.72 Å². The Morgan fingerprint density at radius 2 is 1.34 bits per heavy atom. The normalized spacial score (nSPS) is 11.6. The number of ketones is 2. The van der Waals surface area contributed by atoms with E-state index in [4.69, 9.17) is 9.57 Å². The Morgan fingerprint density at radius 3 is 1.93 bits per heavy atom. The lowest BCUT2D eigenvalue weighted by atomic mass is 9.97. The first-order chi connectivity index (χ1) is 21.2. The molecule has 0 saturated heterocycles. The molecule has 1 aromatic heterocycles. The van der Waals surface area contributed by atoms with Crippen molar-refractivity contribution in [1.82, 2.24) is 4.57 Å². The second kappa shape index (κ2) is 12.9. The van der Waals surface area contributed by atoms with Gasteiger partial charge in [0, 0.05) is 52.0 Å². The van der Waals surface area contributed by atoms with Crippen molar-refractivity contribution in [1.29, 1.82) is 0 Å². The van der Waals surface area contributed by atoms with Gasteiger partial charge in [-0.05, 0) is 92.1 Å². The van der Waals surface area contributed by atoms with Crippen LogP contribution < -0.4 is 4.74 Å². The van der Waals surface area contributed by atoms with Crippen LogP contribution in [0.5, 0.6) is 5.75 Å². The van der Waals surface area contributed by atoms with Crippen molar-refractivity contribution in [3.8, 4) is 5.75 Å². The Hall–Kier alpha value is -5.37. The van der Waals surface area contributed by atoms with Gasteiger partial charge >= 0.3 is 11.9 Å². The number of aryl methyl sites for hydroxylation is 1. The summed E-state index contributed by atoms with van der Waals surface area (Å²) < 4.78 is 7.57. The summed E-state index contributed by atoms with van der Waals surface area (Å²) in [6.45, 7) is 7.88. The maximum atomic E-state index is 13.5. The summed E-state index contributed by atoms with van der Waals surface area (Å²) >= 11 is 0. The predicted octanol–water partition coefficient (Wildman–Crippen LogP) is 7.41. The molecule has 4 aromatic carbocycles. The standard InChI is InChI=1S/C36H32N2O6/c1-5-38-32-17-13-26(34(40)24-11-15-28(16-12-24)43-36(42)25-9-7-6-8-10-25)20-29(32)30-21-27(14-18-33(30)38)35(41)31(19-22(2)3)37-44-23(4)39/h6-18,20-22H,5,19H2,1-4H3/b37-31+. The molecule has 8 nitrogen and oxygen atoms in total. The van der Waals surface area contributed by atoms with Crippen LogP contribution in [0.15, 0.2) is 96.2 Å². The molecule has 0 aliphatic rings. The van der Waals surface area contributed by atoms with Crippen LogP contribution in [0, 0.1) is 5.92 Å². The van der Waals surface area contributed by atoms with Gasteiger partial charge in [-0.3, -0.25) is 9.59 Å². The minimum atomic E-state index is -0.597. The second-order valence-electron chi connectivity index (χ2n) is 10.9. The summed E-state index contributed by atoms with van der Waals surface area (Å²) in [4.78, 5) is 55.6. The zero-order valence-corrected chi connectivity index (χ0v) is 25.0. The molecule has 0 atom stereocenters. The van der Waals surface area contributed by atoms with E-state index in [-0.39, 0.29) is 23.2 Å². The van der Waals surface area contributed by atoms with Crippen molar-refractivity contribution >= 4 is 51.0 Å². The summed E-state index contributed by atoms with van der Waals surface area (Å²) in [5.74, 6) is -1.12. The van der Waals surface area contributed by atoms with Gasteiger partial charge in [0.05, 0.1) is 5.56 Å². The SMILES string of the molecule is CCn1c2ccc(C(=O)/C(CC(C)C)=N/OC(C)=O)cc2c2cc(C(=O)c3ccc(OC(=O)c4ccccc4)cc3)ccc21. The Labute approximate surface area is 254 Å². The van der Waals surface area contributed by atoms with Gasteiger partial charge in [-0.2, -0.15) is 0 Å². The fraction of sp³-hybridized carbons (Fsp3) is 0.194. The van der Waals surface area contributed by atoms with Gasteiger partial charge in [0.15, 0.2) is 5.78 Å². The van der Waals surface area contributed by atoms with Crippen molar-refractivity contribution in [2.75, 3.05) is 0 Å². The lowest BCUT2D eigenvalue weighted by molar-refractivity contribution is -0.140. The molecule has 5 aromatic rings. The highest BCUT2D eigenvalue weighted by Gasteiger charge is 2.20. The molecule has 5 rings (SSSR count). The van der Waals surface area contributed by atoms with Crippen molar-refractivity contribution in [2.24, 2.45) is 11.1 Å². The molecule has 0 aliphatic carbocycles. The Bertz CT molecular complexity index is 1920. The average molecular weight is 589 g/mol. The van der Waals surface area contributed by atoms with Crippen LogP contribution in [0.4, 0.5) is 0 Å². The molecule has 0 bridgehead atoms. The highest BCUT2D eigenvalue weighted by Crippen LogP contribution is 2.32. The molecule has 44 heavy (non-hydrogen) atoms. The summed E-state index contributed by atoms with van der Waals surface area (Å²) in [6.07, 6.45) is 0.351. The summed E-state index contributed by atoms with van der Waals surface area (Å²) in [5.41, 5.74) is 3.80. The number of ether oxygens (including phenoxy) is 1. The summed E-state index contributed by atoms with van der Waals surface area (Å²) in [7, 11) is 0. The highest BCUT2D eigenvalue weighted by atomic mass is 16.7. The van der Waals surface area contributed by atoms with E-state index < -0.39 is 11.9 Å². The Balaban J connectivity index is 1.47. The number of oxime groups is 1. The number of hydrogen-bond donors (Lipinski definition) is 0. The molecule has 0 amide bonds. The molecular weight excluding hydrogens is 556 g/mol. The topological polar surface area (TPSA) is 104 Å². The van der Waals surface area contributed by atoms with Crippen molar-refractivity contribution in [3.63, 3.8) is 0 Å². The summed E-state index contributed by atoms with van der Waals surface area (Å²) in [5, 5.41) is 5.50. The predicted molar refractivity (Wildman–Crippen MR) is 169 cm³/mol. The lowest BCUT2D eigenvalue weighted by Crippen LogP contribution is -2.18. The van der Waals surface area contributed by atoms with Gasteiger partial charge in [-0.15, -0.1) is 0 Å². The van der Waals surface area contributed by atoms with E-state index >= 15 is 0 Å². The van der Waals surface area contributed by atoms with Gasteiger partial charge in [0.1, 0.15) is 11.5 Å². The fourth-order valence-corrected chi connectivity index (χ4v) is 5.15. The number of Topliss-reactive ketones (excluding diaryl/α,β-unsaturated/α-hetero) is 1. The minimum Gasteiger partial charge on any atom is -0.423 e. The number of fused-ring (bicyclic) bond motifs is 3. The molecule has 0 N–H and O–H groups in total. The molecule has 0 aliphatic heterocycles. The van der Waals surface area contributed by atoms with Crippen LogP contribution >= 0.6 is 0 Å². The number of carbonyl (C=O) groups is 4. The third-order valence-corrected chi connectivity index (χ3v) is 7.19. The average Bonchev–Trinajstić information content (AvgIpc) is 3.35. The van der Waals surface area contributed by atoms with Gasteiger partial charge < -0.3 is 14.1 Å². The summed E-state index contributed by atoms with van der Waals surface area (Å²) in [6, 6.07) is 26.1. The smallest absolute Gasteiger partial charge is 0.343 e. The van der Waals surface area contributed by atoms with Crippen molar-refractivity contribution in [3.05, 3.63) is 113 Å². The Kier molecular flexibility index (Phi) is 8.81. The molecule has 222 valence electrons. The van der Waals surface area contributed by atoms with Gasteiger partial charge in [-0.25, -0.2) is 9.59 Å². The number of nitrogens with zero attached hydrogens (tertiary/aromatic N) is 2. The van der Waals surface area contributed by atoms with Gasteiger partial charge in [-0.1, -0.05) is 37.2 Å². The number of rotatable bonds is 10. The van der Waals surface area contributed by atoms with Crippen molar-refractivity contribution < 1.29 is 28.8 Å². The molecule has 8 heteroatoms. The van der Waals surface area contributed by atoms with Crippen LogP contribution in [0.2, 0.25) is 0 Å². The van der Waals surface area contributed by atoms with E-state index in [0.29, 0.717) is 41.0 Å². The third kappa shape index (κ3) is 6.34. The van der Waals surface area contributed by atoms with E-state index in [9.17, 15) is 19.2 Å². The number of aromatic nitrogens is 1. The maximum absolute atomic E-state index is 13.5. The van der Waals surface area contributed by atoms with E-state index in [0.717, 1.165) is 21.8 Å². The largest absolute Gasteiger partial charge is 0.423 e. The number of esters is 1. The molecule has 0 spiro atoms. The second-order valence-corrected chi connectivity index (χ2v) is 10.9. The zero-order chi connectivity index (χ0) is 31.4. The van der Waals surface area contributed by atoms with Crippen LogP contribution in [-0.2, 0) is 16.2 Å². The first-order valence-electron chi connectivity index (χ1n) is 14.4. The molecule has 0 saturated carbocycles. The first kappa shape index (κ1) is 30.1. The number of hydrogen-bond acceptors (Lipinski definition) is 7. The van der Waals surface area contributed by atoms with E-state index in [1.807, 2.05) is 45.0 Å². The van der Waals surface area contributed by atoms with Gasteiger partial charge in [0.2, 0.25) is 5.78 Å². The van der Waals surface area contributed by atoms with Crippen LogP contribution in [-0.4, -0.2) is 33.8 Å². The van der Waals surface area contributed by atoms with Crippen LogP contribution in [0.3, 0.4) is 0 Å². The van der Waals surface area contributed by atoms with E-state index in [1.165, 1.54) is 6.92 Å². The molecule has 0 radical (unpaired) electrons. The fourth-order valence-electron chi connectivity index (χ4n) is 5.15. The number of carbonyl (C=O) groups excluding carboxylic acids is 4. The monoisotopic (exact) mass is 588 g/mol. The minimum absolute atomic E-state index is 0.123. The molecule has 1 heterocycles. The molecule has 0 fully saturated rings. The maximum Gasteiger partial charge on any atom is 0.343 e. The molecule has 0 unspecified atom stereocenters. The highest BCUT2D eigenvalue weighted by molar-refractivity contribution is 6.46. The van der Waals surface area contributed by atoms with Crippen LogP contribution in [0.1, 0.15) is 70.8 Å². The zero-order valence-electron chi connectivity index (χ0n) is 25.0. The first-order valence-corrected chi connectivity index (χ1v) is 14.4. The lowest BCUT2D eigenvalue weighted by Gasteiger charge is -2.08.